The largest absolute Gasteiger partial charge is 0.507 e. The summed E-state index contributed by atoms with van der Waals surface area (Å²) in [5.41, 5.74) is 1.31. The van der Waals surface area contributed by atoms with Crippen molar-refractivity contribution in [3.8, 4) is 5.75 Å². The highest BCUT2D eigenvalue weighted by Gasteiger charge is 2.33. The van der Waals surface area contributed by atoms with E-state index in [-0.39, 0.29) is 11.3 Å². The predicted octanol–water partition coefficient (Wildman–Crippen LogP) is 3.13. The molecular weight excluding hydrogens is 352 g/mol. The Balaban J connectivity index is 2.68. The lowest BCUT2D eigenvalue weighted by molar-refractivity contribution is -0.384. The number of aryl methyl sites for hydroxylation is 2. The Labute approximate surface area is 156 Å². The van der Waals surface area contributed by atoms with Crippen LogP contribution in [0.1, 0.15) is 28.4 Å². The maximum absolute atomic E-state index is 13.2. The maximum Gasteiger partial charge on any atom is 0.328 e. The Morgan fingerprint density at radius 1 is 1.19 bits per heavy atom. The number of carbonyl (C=O) groups is 2. The number of rotatable bonds is 5. The van der Waals surface area contributed by atoms with Crippen LogP contribution in [0.2, 0.25) is 0 Å². The first-order valence-corrected chi connectivity index (χ1v) is 8.14. The summed E-state index contributed by atoms with van der Waals surface area (Å²) >= 11 is 0. The van der Waals surface area contributed by atoms with Crippen LogP contribution in [0.3, 0.4) is 0 Å². The molecule has 0 saturated carbocycles. The molecule has 8 nitrogen and oxygen atoms in total. The van der Waals surface area contributed by atoms with E-state index in [0.29, 0.717) is 5.69 Å². The van der Waals surface area contributed by atoms with Crippen molar-refractivity contribution in [2.75, 3.05) is 12.0 Å². The molecule has 2 aromatic carbocycles. The molecular formula is C19H20N2O6. The van der Waals surface area contributed by atoms with Gasteiger partial charge >= 0.3 is 5.97 Å². The summed E-state index contributed by atoms with van der Waals surface area (Å²) in [6, 6.07) is 7.52. The fourth-order valence-electron chi connectivity index (χ4n) is 2.87. The van der Waals surface area contributed by atoms with Crippen molar-refractivity contribution in [2.24, 2.45) is 0 Å². The highest BCUT2D eigenvalue weighted by molar-refractivity contribution is 6.11. The molecule has 2 aromatic rings. The number of para-hydroxylation sites is 1. The molecule has 0 aliphatic carbocycles. The highest BCUT2D eigenvalue weighted by atomic mass is 16.6. The van der Waals surface area contributed by atoms with Crippen molar-refractivity contribution >= 4 is 23.3 Å². The monoisotopic (exact) mass is 372 g/mol. The van der Waals surface area contributed by atoms with Crippen molar-refractivity contribution in [2.45, 2.75) is 26.8 Å². The molecule has 2 rings (SSSR count). The molecule has 8 heteroatoms. The van der Waals surface area contributed by atoms with Gasteiger partial charge in [-0.2, -0.15) is 0 Å². The Morgan fingerprint density at radius 2 is 1.78 bits per heavy atom. The number of amides is 1. The Morgan fingerprint density at radius 3 is 2.30 bits per heavy atom. The van der Waals surface area contributed by atoms with Gasteiger partial charge in [-0.15, -0.1) is 0 Å². The number of esters is 1. The summed E-state index contributed by atoms with van der Waals surface area (Å²) in [4.78, 5) is 37.0. The minimum Gasteiger partial charge on any atom is -0.507 e. The van der Waals surface area contributed by atoms with Crippen molar-refractivity contribution in [1.29, 1.82) is 0 Å². The van der Waals surface area contributed by atoms with Crippen LogP contribution in [-0.4, -0.2) is 35.1 Å². The van der Waals surface area contributed by atoms with Gasteiger partial charge in [-0.05, 0) is 38.0 Å². The van der Waals surface area contributed by atoms with Gasteiger partial charge in [-0.1, -0.05) is 18.2 Å². The third-order valence-corrected chi connectivity index (χ3v) is 4.25. The van der Waals surface area contributed by atoms with Gasteiger partial charge in [-0.3, -0.25) is 19.8 Å². The van der Waals surface area contributed by atoms with E-state index in [0.717, 1.165) is 29.3 Å². The number of phenols is 1. The first kappa shape index (κ1) is 19.9. The van der Waals surface area contributed by atoms with Gasteiger partial charge in [0.1, 0.15) is 11.8 Å². The van der Waals surface area contributed by atoms with E-state index >= 15 is 0 Å². The number of benzene rings is 2. The molecule has 0 aromatic heterocycles. The molecule has 1 amide bonds. The van der Waals surface area contributed by atoms with Crippen molar-refractivity contribution in [3.63, 3.8) is 0 Å². The van der Waals surface area contributed by atoms with Crippen molar-refractivity contribution in [3.05, 3.63) is 63.2 Å². The van der Waals surface area contributed by atoms with Crippen LogP contribution in [0, 0.1) is 24.0 Å². The molecule has 0 aliphatic rings. The zero-order valence-corrected chi connectivity index (χ0v) is 15.4. The summed E-state index contributed by atoms with van der Waals surface area (Å²) in [6.45, 7) is 5.05. The van der Waals surface area contributed by atoms with Crippen LogP contribution in [0.4, 0.5) is 11.4 Å². The Hall–Kier alpha value is -3.42. The molecule has 27 heavy (non-hydrogen) atoms. The number of nitrogens with zero attached hydrogens (tertiary/aromatic N) is 2. The average Bonchev–Trinajstić information content (AvgIpc) is 2.63. The molecule has 0 radical (unpaired) electrons. The quantitative estimate of drug-likeness (QED) is 0.490. The molecule has 0 aliphatic heterocycles. The van der Waals surface area contributed by atoms with E-state index in [2.05, 4.69) is 0 Å². The zero-order chi connectivity index (χ0) is 20.3. The normalized spacial score (nSPS) is 11.6. The predicted molar refractivity (Wildman–Crippen MR) is 99.0 cm³/mol. The van der Waals surface area contributed by atoms with E-state index in [1.165, 1.54) is 18.9 Å². The Kier molecular flexibility index (Phi) is 5.79. The minimum atomic E-state index is -1.01. The van der Waals surface area contributed by atoms with E-state index in [1.807, 2.05) is 6.07 Å². The molecule has 0 fully saturated rings. The third-order valence-electron chi connectivity index (χ3n) is 4.25. The van der Waals surface area contributed by atoms with Crippen LogP contribution in [-0.2, 0) is 9.53 Å². The number of carbonyl (C=O) groups excluding carboxylic acids is 2. The number of aromatic hydroxyl groups is 1. The molecule has 0 bridgehead atoms. The second kappa shape index (κ2) is 7.86. The first-order chi connectivity index (χ1) is 12.7. The van der Waals surface area contributed by atoms with Gasteiger partial charge in [0.25, 0.3) is 11.6 Å². The smallest absolute Gasteiger partial charge is 0.328 e. The standard InChI is InChI=1S/C19H20N2O6/c1-11-6-5-7-12(2)17(11)20(13(3)19(24)27-4)18(23)15-10-14(21(25)26)8-9-16(15)22/h5-10,13,22H,1-4H3/t13-/m1/s1. The van der Waals surface area contributed by atoms with Crippen LogP contribution in [0.25, 0.3) is 0 Å². The van der Waals surface area contributed by atoms with Gasteiger partial charge in [0.15, 0.2) is 0 Å². The lowest BCUT2D eigenvalue weighted by Gasteiger charge is -2.30. The van der Waals surface area contributed by atoms with Crippen molar-refractivity contribution in [1.82, 2.24) is 0 Å². The van der Waals surface area contributed by atoms with Crippen LogP contribution in [0.15, 0.2) is 36.4 Å². The second-order valence-corrected chi connectivity index (χ2v) is 6.07. The number of hydrogen-bond acceptors (Lipinski definition) is 6. The SMILES string of the molecule is COC(=O)[C@@H](C)N(C(=O)c1cc([N+](=O)[O-])ccc1O)c1c(C)cccc1C. The number of ether oxygens (including phenoxy) is 1. The van der Waals surface area contributed by atoms with Gasteiger partial charge in [-0.25, -0.2) is 4.79 Å². The molecule has 0 spiro atoms. The number of non-ortho nitro benzene ring substituents is 1. The second-order valence-electron chi connectivity index (χ2n) is 6.07. The zero-order valence-electron chi connectivity index (χ0n) is 15.4. The molecule has 0 heterocycles. The number of hydrogen-bond donors (Lipinski definition) is 1. The number of nitro benzene ring substituents is 1. The number of nitro groups is 1. The molecule has 142 valence electrons. The first-order valence-electron chi connectivity index (χ1n) is 8.14. The van der Waals surface area contributed by atoms with Gasteiger partial charge in [0.05, 0.1) is 23.3 Å². The summed E-state index contributed by atoms with van der Waals surface area (Å²) in [6.07, 6.45) is 0. The third kappa shape index (κ3) is 3.89. The lowest BCUT2D eigenvalue weighted by atomic mass is 10.0. The molecule has 1 atom stereocenters. The van der Waals surface area contributed by atoms with Crippen LogP contribution < -0.4 is 4.90 Å². The van der Waals surface area contributed by atoms with E-state index in [4.69, 9.17) is 4.74 Å². The summed E-state index contributed by atoms with van der Waals surface area (Å²) in [7, 11) is 1.21. The molecule has 1 N–H and O–H groups in total. The highest BCUT2D eigenvalue weighted by Crippen LogP contribution is 2.31. The van der Waals surface area contributed by atoms with Gasteiger partial charge in [0, 0.05) is 12.1 Å². The Bertz CT molecular complexity index is 889. The van der Waals surface area contributed by atoms with E-state index < -0.39 is 28.6 Å². The fraction of sp³-hybridized carbons (Fsp3) is 0.263. The van der Waals surface area contributed by atoms with Gasteiger partial charge in [0.2, 0.25) is 0 Å². The fourth-order valence-corrected chi connectivity index (χ4v) is 2.87. The van der Waals surface area contributed by atoms with E-state index in [1.54, 1.807) is 26.0 Å². The topological polar surface area (TPSA) is 110 Å². The summed E-state index contributed by atoms with van der Waals surface area (Å²) in [5.74, 6) is -1.82. The average molecular weight is 372 g/mol. The molecule has 0 unspecified atom stereocenters. The lowest BCUT2D eigenvalue weighted by Crippen LogP contribution is -2.45. The minimum absolute atomic E-state index is 0.275. The van der Waals surface area contributed by atoms with Gasteiger partial charge < -0.3 is 9.84 Å². The number of phenolic OH excluding ortho intramolecular Hbond substituents is 1. The van der Waals surface area contributed by atoms with Crippen LogP contribution >= 0.6 is 0 Å². The summed E-state index contributed by atoms with van der Waals surface area (Å²) in [5, 5.41) is 21.2. The molecule has 0 saturated heterocycles. The summed E-state index contributed by atoms with van der Waals surface area (Å²) < 4.78 is 4.77. The van der Waals surface area contributed by atoms with E-state index in [9.17, 15) is 24.8 Å². The maximum atomic E-state index is 13.2. The van der Waals surface area contributed by atoms with Crippen molar-refractivity contribution < 1.29 is 24.4 Å². The van der Waals surface area contributed by atoms with Crippen LogP contribution in [0.5, 0.6) is 5.75 Å². The number of methoxy groups -OCH3 is 1. The number of anilines is 1.